The lowest BCUT2D eigenvalue weighted by molar-refractivity contribution is -0.144. The van der Waals surface area contributed by atoms with Crippen LogP contribution in [0.25, 0.3) is 11.1 Å². The van der Waals surface area contributed by atoms with Gasteiger partial charge in [0, 0.05) is 27.2 Å². The predicted octanol–water partition coefficient (Wildman–Crippen LogP) is 4.97. The molecule has 1 saturated heterocycles. The van der Waals surface area contributed by atoms with E-state index in [0.717, 1.165) is 12.0 Å². The monoisotopic (exact) mass is 601 g/mol. The number of nitrogens with zero attached hydrogens (tertiary/aromatic N) is 2. The lowest BCUT2D eigenvalue weighted by Gasteiger charge is -2.42. The lowest BCUT2D eigenvalue weighted by Crippen LogP contribution is -2.58. The van der Waals surface area contributed by atoms with Crippen molar-refractivity contribution in [3.63, 3.8) is 0 Å². The summed E-state index contributed by atoms with van der Waals surface area (Å²) in [7, 11) is 3.54. The summed E-state index contributed by atoms with van der Waals surface area (Å²) in [6.45, 7) is 10.0. The van der Waals surface area contributed by atoms with Crippen molar-refractivity contribution in [2.75, 3.05) is 33.7 Å². The third-order valence-electron chi connectivity index (χ3n) is 7.27. The molecular weight excluding hydrogens is 550 g/mol. The molecular formula is C36H51N5O3. The van der Waals surface area contributed by atoms with E-state index in [1.807, 2.05) is 50.2 Å². The SMILES string of the molecule is CC.CN(C)NC(=O)C1(Cc2ccccc2)CCCN(C(=O)CNC(=O)C(C)(C)N)C1.Cc1ccc(-c2ccccc2)cc1. The highest BCUT2D eigenvalue weighted by Crippen LogP contribution is 2.34. The molecule has 1 aliphatic heterocycles. The molecule has 1 unspecified atom stereocenters. The van der Waals surface area contributed by atoms with Gasteiger partial charge in [-0.05, 0) is 56.7 Å². The molecule has 0 spiro atoms. The second kappa shape index (κ2) is 17.3. The zero-order valence-electron chi connectivity index (χ0n) is 27.5. The minimum atomic E-state index is -1.05. The van der Waals surface area contributed by atoms with Gasteiger partial charge in [0.15, 0.2) is 0 Å². The summed E-state index contributed by atoms with van der Waals surface area (Å²) < 4.78 is 0. The van der Waals surface area contributed by atoms with Crippen molar-refractivity contribution in [3.8, 4) is 11.1 Å². The Hall–Kier alpha value is -4.01. The molecule has 238 valence electrons. The van der Waals surface area contributed by atoms with Gasteiger partial charge in [-0.25, -0.2) is 5.01 Å². The number of amides is 3. The summed E-state index contributed by atoms with van der Waals surface area (Å²) in [6, 6.07) is 28.8. The van der Waals surface area contributed by atoms with Crippen molar-refractivity contribution in [3.05, 3.63) is 96.1 Å². The number of piperidine rings is 1. The average molecular weight is 602 g/mol. The van der Waals surface area contributed by atoms with Crippen molar-refractivity contribution in [2.45, 2.75) is 59.4 Å². The first-order chi connectivity index (χ1) is 20.9. The quantitative estimate of drug-likeness (QED) is 0.316. The molecule has 1 atom stereocenters. The maximum Gasteiger partial charge on any atom is 0.242 e. The van der Waals surface area contributed by atoms with Crippen LogP contribution in [-0.4, -0.2) is 66.9 Å². The van der Waals surface area contributed by atoms with Crippen LogP contribution >= 0.6 is 0 Å². The number of carbonyl (C=O) groups excluding carboxylic acids is 3. The molecule has 8 nitrogen and oxygen atoms in total. The molecule has 3 amide bonds. The minimum Gasteiger partial charge on any atom is -0.345 e. The van der Waals surface area contributed by atoms with E-state index in [4.69, 9.17) is 5.73 Å². The van der Waals surface area contributed by atoms with Gasteiger partial charge in [0.1, 0.15) is 0 Å². The maximum atomic E-state index is 13.1. The number of nitrogens with two attached hydrogens (primary N) is 1. The molecule has 0 bridgehead atoms. The number of hydrogen-bond acceptors (Lipinski definition) is 5. The van der Waals surface area contributed by atoms with Crippen molar-refractivity contribution in [1.82, 2.24) is 20.7 Å². The Kier molecular flexibility index (Phi) is 14.2. The molecule has 8 heteroatoms. The number of aryl methyl sites for hydroxylation is 1. The highest BCUT2D eigenvalue weighted by molar-refractivity contribution is 5.90. The molecule has 4 rings (SSSR count). The van der Waals surface area contributed by atoms with E-state index in [1.54, 1.807) is 37.9 Å². The number of rotatable bonds is 8. The number of nitrogens with one attached hydrogen (secondary N) is 2. The van der Waals surface area contributed by atoms with Crippen LogP contribution in [0.15, 0.2) is 84.9 Å². The van der Waals surface area contributed by atoms with Gasteiger partial charge in [0.25, 0.3) is 0 Å². The molecule has 0 saturated carbocycles. The standard InChI is InChI=1S/C21H33N5O3.C13H12.C2H6/c1-20(2,22)18(28)23-14-17(27)26-12-8-11-21(15-26,19(29)24-25(3)4)13-16-9-6-5-7-10-16;1-11-7-9-13(10-8-11)12-5-3-2-4-6-12;1-2/h5-7,9-10H,8,11-15,22H2,1-4H3,(H,23,28)(H,24,29);2-10H,1H3;1-2H3. The van der Waals surface area contributed by atoms with Crippen LogP contribution in [0.5, 0.6) is 0 Å². The van der Waals surface area contributed by atoms with Gasteiger partial charge < -0.3 is 16.0 Å². The predicted molar refractivity (Wildman–Crippen MR) is 179 cm³/mol. The average Bonchev–Trinajstić information content (AvgIpc) is 3.01. The number of hydrogen-bond donors (Lipinski definition) is 3. The first kappa shape index (κ1) is 36.2. The number of benzene rings is 3. The molecule has 1 fully saturated rings. The topological polar surface area (TPSA) is 108 Å². The highest BCUT2D eigenvalue weighted by atomic mass is 16.2. The maximum absolute atomic E-state index is 13.1. The van der Waals surface area contributed by atoms with Gasteiger partial charge in [-0.1, -0.05) is 104 Å². The molecule has 3 aromatic carbocycles. The van der Waals surface area contributed by atoms with Gasteiger partial charge in [0.05, 0.1) is 17.5 Å². The van der Waals surface area contributed by atoms with Crippen LogP contribution < -0.4 is 16.5 Å². The van der Waals surface area contributed by atoms with Crippen LogP contribution in [0.4, 0.5) is 0 Å². The van der Waals surface area contributed by atoms with Crippen LogP contribution in [0.2, 0.25) is 0 Å². The molecule has 1 heterocycles. The third-order valence-corrected chi connectivity index (χ3v) is 7.27. The molecule has 0 aromatic heterocycles. The van der Waals surface area contributed by atoms with E-state index in [2.05, 4.69) is 66.2 Å². The smallest absolute Gasteiger partial charge is 0.242 e. The number of hydrazine groups is 1. The fourth-order valence-electron chi connectivity index (χ4n) is 4.93. The summed E-state index contributed by atoms with van der Waals surface area (Å²) >= 11 is 0. The molecule has 1 aliphatic rings. The van der Waals surface area contributed by atoms with E-state index < -0.39 is 11.0 Å². The van der Waals surface area contributed by atoms with E-state index in [-0.39, 0.29) is 24.3 Å². The number of carbonyl (C=O) groups is 3. The van der Waals surface area contributed by atoms with E-state index in [1.165, 1.54) is 16.7 Å². The Morgan fingerprint density at radius 1 is 0.886 bits per heavy atom. The van der Waals surface area contributed by atoms with Gasteiger partial charge in [0.2, 0.25) is 17.7 Å². The Morgan fingerprint density at radius 3 is 1.98 bits per heavy atom. The van der Waals surface area contributed by atoms with Crippen molar-refractivity contribution in [2.24, 2.45) is 11.1 Å². The van der Waals surface area contributed by atoms with Crippen molar-refractivity contribution in [1.29, 1.82) is 0 Å². The Morgan fingerprint density at radius 2 is 1.43 bits per heavy atom. The number of likely N-dealkylation sites (tertiary alicyclic amines) is 1. The zero-order chi connectivity index (χ0) is 32.8. The first-order valence-electron chi connectivity index (χ1n) is 15.4. The third kappa shape index (κ3) is 11.2. The van der Waals surface area contributed by atoms with Crippen LogP contribution in [0.3, 0.4) is 0 Å². The first-order valence-corrected chi connectivity index (χ1v) is 15.4. The Labute approximate surface area is 264 Å². The fourth-order valence-corrected chi connectivity index (χ4v) is 4.93. The van der Waals surface area contributed by atoms with Gasteiger partial charge in [-0.15, -0.1) is 0 Å². The second-order valence-electron chi connectivity index (χ2n) is 11.8. The summed E-state index contributed by atoms with van der Waals surface area (Å²) in [4.78, 5) is 39.5. The normalized spacial score (nSPS) is 16.1. The molecule has 0 aliphatic carbocycles. The van der Waals surface area contributed by atoms with E-state index in [9.17, 15) is 14.4 Å². The summed E-state index contributed by atoms with van der Waals surface area (Å²) in [5, 5.41) is 4.22. The molecule has 3 aromatic rings. The summed E-state index contributed by atoms with van der Waals surface area (Å²) in [5.41, 5.74) is 11.8. The summed E-state index contributed by atoms with van der Waals surface area (Å²) in [6.07, 6.45) is 1.95. The van der Waals surface area contributed by atoms with Crippen molar-refractivity contribution >= 4 is 17.7 Å². The Bertz CT molecular complexity index is 1310. The van der Waals surface area contributed by atoms with Crippen molar-refractivity contribution < 1.29 is 14.4 Å². The van der Waals surface area contributed by atoms with Gasteiger partial charge >= 0.3 is 0 Å². The molecule has 44 heavy (non-hydrogen) atoms. The summed E-state index contributed by atoms with van der Waals surface area (Å²) in [5.74, 6) is -0.697. The largest absolute Gasteiger partial charge is 0.345 e. The Balaban J connectivity index is 0.000000371. The van der Waals surface area contributed by atoms with Gasteiger partial charge in [-0.3, -0.25) is 19.8 Å². The van der Waals surface area contributed by atoms with E-state index >= 15 is 0 Å². The van der Waals surface area contributed by atoms with E-state index in [0.29, 0.717) is 25.9 Å². The highest BCUT2D eigenvalue weighted by Gasteiger charge is 2.43. The fraction of sp³-hybridized carbons (Fsp3) is 0.417. The van der Waals surface area contributed by atoms with Gasteiger partial charge in [-0.2, -0.15) is 0 Å². The zero-order valence-corrected chi connectivity index (χ0v) is 27.5. The lowest BCUT2D eigenvalue weighted by atomic mass is 9.74. The minimum absolute atomic E-state index is 0.101. The molecule has 4 N–H and O–H groups in total. The van der Waals surface area contributed by atoms with Crippen LogP contribution in [-0.2, 0) is 20.8 Å². The second-order valence-corrected chi connectivity index (χ2v) is 11.8. The van der Waals surface area contributed by atoms with Crippen LogP contribution in [0.1, 0.15) is 51.7 Å². The van der Waals surface area contributed by atoms with Crippen LogP contribution in [0, 0.1) is 12.3 Å². The molecule has 0 radical (unpaired) electrons.